The monoisotopic (exact) mass is 315 g/mol. The van der Waals surface area contributed by atoms with Crippen LogP contribution in [0.25, 0.3) is 0 Å². The summed E-state index contributed by atoms with van der Waals surface area (Å²) in [5.41, 5.74) is 1.35. The van der Waals surface area contributed by atoms with Crippen LogP contribution >= 0.6 is 23.2 Å². The minimum atomic E-state index is 0.251. The van der Waals surface area contributed by atoms with Crippen LogP contribution in [0.1, 0.15) is 52.0 Å². The summed E-state index contributed by atoms with van der Waals surface area (Å²) >= 11 is 12.7. The Hall–Kier alpha value is -0.240. The zero-order valence-corrected chi connectivity index (χ0v) is 14.4. The van der Waals surface area contributed by atoms with Crippen molar-refractivity contribution in [3.63, 3.8) is 0 Å². The van der Waals surface area contributed by atoms with Gasteiger partial charge in [0.2, 0.25) is 0 Å². The van der Waals surface area contributed by atoms with Gasteiger partial charge in [0.05, 0.1) is 0 Å². The van der Waals surface area contributed by atoms with Crippen LogP contribution in [-0.4, -0.2) is 13.1 Å². The maximum absolute atomic E-state index is 6.36. The first-order chi connectivity index (χ1) is 9.58. The lowest BCUT2D eigenvalue weighted by Crippen LogP contribution is -2.36. The average molecular weight is 316 g/mol. The zero-order valence-electron chi connectivity index (χ0n) is 12.9. The molecular weight excluding hydrogens is 289 g/mol. The van der Waals surface area contributed by atoms with Gasteiger partial charge in [0, 0.05) is 16.6 Å². The van der Waals surface area contributed by atoms with Gasteiger partial charge in [-0.05, 0) is 48.9 Å². The molecule has 0 bridgehead atoms. The predicted molar refractivity (Wildman–Crippen MR) is 91.0 cm³/mol. The van der Waals surface area contributed by atoms with E-state index in [0.717, 1.165) is 41.5 Å². The van der Waals surface area contributed by atoms with Crippen LogP contribution in [0.4, 0.5) is 0 Å². The second kappa shape index (κ2) is 8.92. The van der Waals surface area contributed by atoms with Gasteiger partial charge in [-0.15, -0.1) is 0 Å². The van der Waals surface area contributed by atoms with E-state index in [0.29, 0.717) is 0 Å². The molecule has 1 aromatic carbocycles. The van der Waals surface area contributed by atoms with E-state index >= 15 is 0 Å². The van der Waals surface area contributed by atoms with Crippen molar-refractivity contribution in [2.75, 3.05) is 13.1 Å². The summed E-state index contributed by atoms with van der Waals surface area (Å²) in [5, 5.41) is 5.11. The molecular formula is C17H27Cl2N. The van der Waals surface area contributed by atoms with Gasteiger partial charge in [0.25, 0.3) is 0 Å². The molecule has 0 saturated heterocycles. The zero-order chi connectivity index (χ0) is 15.0. The molecule has 0 heterocycles. The fourth-order valence-corrected chi connectivity index (χ4v) is 3.22. The SMILES string of the molecule is CCCCC(CC)(CNCC)Cc1c(Cl)cccc1Cl. The van der Waals surface area contributed by atoms with E-state index in [2.05, 4.69) is 26.1 Å². The Bertz CT molecular complexity index is 376. The van der Waals surface area contributed by atoms with Crippen molar-refractivity contribution in [2.24, 2.45) is 5.41 Å². The highest BCUT2D eigenvalue weighted by molar-refractivity contribution is 6.36. The first-order valence-electron chi connectivity index (χ1n) is 7.72. The molecule has 1 N–H and O–H groups in total. The molecule has 114 valence electrons. The molecule has 0 saturated carbocycles. The lowest BCUT2D eigenvalue weighted by atomic mass is 9.75. The van der Waals surface area contributed by atoms with Crippen molar-refractivity contribution in [1.82, 2.24) is 5.32 Å². The highest BCUT2D eigenvalue weighted by atomic mass is 35.5. The number of rotatable bonds is 9. The van der Waals surface area contributed by atoms with Crippen molar-refractivity contribution >= 4 is 23.2 Å². The first kappa shape index (κ1) is 17.8. The van der Waals surface area contributed by atoms with Gasteiger partial charge >= 0.3 is 0 Å². The van der Waals surface area contributed by atoms with Gasteiger partial charge in [-0.1, -0.05) is 62.9 Å². The maximum Gasteiger partial charge on any atom is 0.0453 e. The molecule has 0 spiro atoms. The Labute approximate surface area is 134 Å². The third kappa shape index (κ3) is 4.95. The Balaban J connectivity index is 2.97. The molecule has 1 unspecified atom stereocenters. The summed E-state index contributed by atoms with van der Waals surface area (Å²) in [5.74, 6) is 0. The topological polar surface area (TPSA) is 12.0 Å². The molecule has 0 aliphatic heterocycles. The molecule has 1 atom stereocenters. The van der Waals surface area contributed by atoms with Crippen molar-refractivity contribution in [3.05, 3.63) is 33.8 Å². The van der Waals surface area contributed by atoms with Gasteiger partial charge in [0.15, 0.2) is 0 Å². The van der Waals surface area contributed by atoms with Crippen LogP contribution in [0.15, 0.2) is 18.2 Å². The lowest BCUT2D eigenvalue weighted by Gasteiger charge is -2.34. The molecule has 0 radical (unpaired) electrons. The number of unbranched alkanes of at least 4 members (excludes halogenated alkanes) is 1. The highest BCUT2D eigenvalue weighted by Crippen LogP contribution is 2.37. The fourth-order valence-electron chi connectivity index (χ4n) is 2.68. The van der Waals surface area contributed by atoms with Gasteiger partial charge in [-0.25, -0.2) is 0 Å². The Morgan fingerprint density at radius 2 is 1.75 bits per heavy atom. The molecule has 0 fully saturated rings. The molecule has 0 aliphatic rings. The van der Waals surface area contributed by atoms with Crippen molar-refractivity contribution in [2.45, 2.75) is 52.9 Å². The quantitative estimate of drug-likeness (QED) is 0.613. The maximum atomic E-state index is 6.36. The molecule has 1 aromatic rings. The number of hydrogen-bond donors (Lipinski definition) is 1. The summed E-state index contributed by atoms with van der Waals surface area (Å²) in [6.07, 6.45) is 5.79. The second-order valence-corrected chi connectivity index (χ2v) is 6.43. The molecule has 1 nitrogen and oxygen atoms in total. The summed E-state index contributed by atoms with van der Waals surface area (Å²) in [6, 6.07) is 5.80. The Kier molecular flexibility index (Phi) is 7.94. The van der Waals surface area contributed by atoms with E-state index in [9.17, 15) is 0 Å². The van der Waals surface area contributed by atoms with E-state index < -0.39 is 0 Å². The summed E-state index contributed by atoms with van der Waals surface area (Å²) < 4.78 is 0. The van der Waals surface area contributed by atoms with Crippen molar-refractivity contribution < 1.29 is 0 Å². The molecule has 0 aliphatic carbocycles. The van der Waals surface area contributed by atoms with Crippen LogP contribution in [0.2, 0.25) is 10.0 Å². The van der Waals surface area contributed by atoms with E-state index in [1.54, 1.807) is 0 Å². The summed E-state index contributed by atoms with van der Waals surface area (Å²) in [6.45, 7) is 8.71. The lowest BCUT2D eigenvalue weighted by molar-refractivity contribution is 0.231. The van der Waals surface area contributed by atoms with Crippen LogP contribution < -0.4 is 5.32 Å². The van der Waals surface area contributed by atoms with E-state index in [4.69, 9.17) is 23.2 Å². The van der Waals surface area contributed by atoms with E-state index in [1.807, 2.05) is 18.2 Å². The Morgan fingerprint density at radius 3 is 2.25 bits per heavy atom. The van der Waals surface area contributed by atoms with Gasteiger partial charge in [-0.2, -0.15) is 0 Å². The number of halogens is 2. The standard InChI is InChI=1S/C17H27Cl2N/c1-4-7-11-17(5-2,13-20-6-3)12-14-15(18)9-8-10-16(14)19/h8-10,20H,4-7,11-13H2,1-3H3. The highest BCUT2D eigenvalue weighted by Gasteiger charge is 2.29. The van der Waals surface area contributed by atoms with Gasteiger partial charge in [-0.3, -0.25) is 0 Å². The predicted octanol–water partition coefficient (Wildman–Crippen LogP) is 5.73. The number of nitrogens with one attached hydrogen (secondary N) is 1. The smallest absolute Gasteiger partial charge is 0.0453 e. The minimum absolute atomic E-state index is 0.251. The molecule has 3 heteroatoms. The third-order valence-corrected chi connectivity index (χ3v) is 4.88. The summed E-state index contributed by atoms with van der Waals surface area (Å²) in [7, 11) is 0. The van der Waals surface area contributed by atoms with Crippen LogP contribution in [0.5, 0.6) is 0 Å². The van der Waals surface area contributed by atoms with Gasteiger partial charge in [0.1, 0.15) is 0 Å². The molecule has 0 aromatic heterocycles. The molecule has 0 amide bonds. The number of hydrogen-bond acceptors (Lipinski definition) is 1. The Morgan fingerprint density at radius 1 is 1.10 bits per heavy atom. The average Bonchev–Trinajstić information content (AvgIpc) is 2.45. The van der Waals surface area contributed by atoms with Crippen molar-refractivity contribution in [3.8, 4) is 0 Å². The van der Waals surface area contributed by atoms with E-state index in [1.165, 1.54) is 19.3 Å². The number of benzene rings is 1. The van der Waals surface area contributed by atoms with Crippen LogP contribution in [0.3, 0.4) is 0 Å². The minimum Gasteiger partial charge on any atom is -0.316 e. The first-order valence-corrected chi connectivity index (χ1v) is 8.47. The van der Waals surface area contributed by atoms with Gasteiger partial charge < -0.3 is 5.32 Å². The normalized spacial score (nSPS) is 14.2. The molecule has 1 rings (SSSR count). The van der Waals surface area contributed by atoms with E-state index in [-0.39, 0.29) is 5.41 Å². The largest absolute Gasteiger partial charge is 0.316 e. The van der Waals surface area contributed by atoms with Crippen molar-refractivity contribution in [1.29, 1.82) is 0 Å². The summed E-state index contributed by atoms with van der Waals surface area (Å²) in [4.78, 5) is 0. The fraction of sp³-hybridized carbons (Fsp3) is 0.647. The second-order valence-electron chi connectivity index (χ2n) is 5.61. The molecule has 20 heavy (non-hydrogen) atoms. The van der Waals surface area contributed by atoms with Crippen LogP contribution in [-0.2, 0) is 6.42 Å². The third-order valence-electron chi connectivity index (χ3n) is 4.17. The van der Waals surface area contributed by atoms with Crippen LogP contribution in [0, 0.1) is 5.41 Å².